The molecule has 0 saturated heterocycles. The maximum absolute atomic E-state index is 12.7. The summed E-state index contributed by atoms with van der Waals surface area (Å²) in [4.78, 5) is 17.8. The van der Waals surface area contributed by atoms with Crippen LogP contribution in [-0.4, -0.2) is 36.8 Å². The molecule has 0 aliphatic heterocycles. The summed E-state index contributed by atoms with van der Waals surface area (Å²) in [6, 6.07) is 11.2. The second kappa shape index (κ2) is 10.5. The highest BCUT2D eigenvalue weighted by Crippen LogP contribution is 2.33. The summed E-state index contributed by atoms with van der Waals surface area (Å²) in [5.74, 6) is 2.84. The number of carbonyl (C=O) groups is 1. The summed E-state index contributed by atoms with van der Waals surface area (Å²) < 4.78 is 16.6. The first-order valence-electron chi connectivity index (χ1n) is 9.21. The van der Waals surface area contributed by atoms with Crippen LogP contribution in [0.4, 0.5) is 0 Å². The van der Waals surface area contributed by atoms with E-state index in [1.807, 2.05) is 36.4 Å². The Kier molecular flexibility index (Phi) is 7.75. The van der Waals surface area contributed by atoms with E-state index in [1.54, 1.807) is 21.1 Å². The Hall–Kier alpha value is -2.52. The minimum atomic E-state index is -0.126. The van der Waals surface area contributed by atoms with Gasteiger partial charge in [-0.3, -0.25) is 4.79 Å². The molecule has 2 aromatic carbocycles. The lowest BCUT2D eigenvalue weighted by atomic mass is 10.1. The number of aromatic nitrogens is 2. The van der Waals surface area contributed by atoms with Gasteiger partial charge in [0.1, 0.15) is 0 Å². The van der Waals surface area contributed by atoms with Gasteiger partial charge >= 0.3 is 0 Å². The normalized spacial score (nSPS) is 10.7. The molecule has 1 aromatic heterocycles. The van der Waals surface area contributed by atoms with Gasteiger partial charge in [-0.15, -0.1) is 11.8 Å². The Labute approximate surface area is 187 Å². The number of carbonyl (C=O) groups excluding carboxylic acids is 1. The molecule has 1 amide bonds. The van der Waals surface area contributed by atoms with Gasteiger partial charge in [0.2, 0.25) is 5.89 Å². The average molecular weight is 492 g/mol. The minimum absolute atomic E-state index is 0.126. The molecule has 0 aliphatic carbocycles. The largest absolute Gasteiger partial charge is 0.493 e. The van der Waals surface area contributed by atoms with Gasteiger partial charge in [0.25, 0.3) is 5.91 Å². The third-order valence-corrected chi connectivity index (χ3v) is 6.10. The number of nitrogens with zero attached hydrogens (tertiary/aromatic N) is 2. The van der Waals surface area contributed by atoms with Crippen LogP contribution in [0.5, 0.6) is 11.5 Å². The third-order valence-electron chi connectivity index (χ3n) is 4.29. The number of amides is 1. The molecule has 1 heterocycles. The number of methoxy groups -OCH3 is 2. The number of nitrogens with one attached hydrogen (secondary N) is 1. The maximum atomic E-state index is 12.7. The number of aryl methyl sites for hydroxylation is 1. The van der Waals surface area contributed by atoms with Crippen LogP contribution in [-0.2, 0) is 12.2 Å². The van der Waals surface area contributed by atoms with E-state index in [9.17, 15) is 4.79 Å². The number of hydrogen-bond acceptors (Lipinski definition) is 7. The number of rotatable bonds is 9. The fourth-order valence-electron chi connectivity index (χ4n) is 2.82. The zero-order valence-electron chi connectivity index (χ0n) is 16.9. The molecule has 3 rings (SSSR count). The van der Waals surface area contributed by atoms with Crippen molar-refractivity contribution in [1.82, 2.24) is 15.5 Å². The standard InChI is InChI=1S/C21H22BrN3O4S/c1-13-24-20(25-29-13)12-30-19-7-5-4-6-15(19)21(26)23-9-8-14-10-17(27-2)18(28-3)11-16(14)22/h4-7,10-11H,8-9,12H2,1-3H3,(H,23,26). The van der Waals surface area contributed by atoms with E-state index in [0.717, 1.165) is 14.9 Å². The molecule has 158 valence electrons. The molecule has 0 fully saturated rings. The van der Waals surface area contributed by atoms with E-state index in [2.05, 4.69) is 31.4 Å². The molecule has 30 heavy (non-hydrogen) atoms. The van der Waals surface area contributed by atoms with Crippen LogP contribution in [0.3, 0.4) is 0 Å². The highest BCUT2D eigenvalue weighted by molar-refractivity contribution is 9.10. The summed E-state index contributed by atoms with van der Waals surface area (Å²) >= 11 is 5.05. The Morgan fingerprint density at radius 1 is 1.20 bits per heavy atom. The molecule has 0 saturated carbocycles. The average Bonchev–Trinajstić information content (AvgIpc) is 3.18. The van der Waals surface area contributed by atoms with Gasteiger partial charge in [-0.05, 0) is 36.2 Å². The van der Waals surface area contributed by atoms with Crippen molar-refractivity contribution < 1.29 is 18.8 Å². The van der Waals surface area contributed by atoms with Crippen molar-refractivity contribution in [1.29, 1.82) is 0 Å². The van der Waals surface area contributed by atoms with E-state index in [4.69, 9.17) is 14.0 Å². The van der Waals surface area contributed by atoms with E-state index in [-0.39, 0.29) is 5.91 Å². The van der Waals surface area contributed by atoms with E-state index in [0.29, 0.717) is 47.5 Å². The highest BCUT2D eigenvalue weighted by Gasteiger charge is 2.14. The second-order valence-electron chi connectivity index (χ2n) is 6.32. The lowest BCUT2D eigenvalue weighted by Crippen LogP contribution is -2.26. The fraction of sp³-hybridized carbons (Fsp3) is 0.286. The van der Waals surface area contributed by atoms with Crippen molar-refractivity contribution in [3.8, 4) is 11.5 Å². The lowest BCUT2D eigenvalue weighted by molar-refractivity contribution is 0.0951. The monoisotopic (exact) mass is 491 g/mol. The molecular weight excluding hydrogens is 470 g/mol. The molecule has 7 nitrogen and oxygen atoms in total. The maximum Gasteiger partial charge on any atom is 0.252 e. The number of hydrogen-bond donors (Lipinski definition) is 1. The van der Waals surface area contributed by atoms with Gasteiger partial charge in [0.05, 0.1) is 25.5 Å². The van der Waals surface area contributed by atoms with Crippen LogP contribution in [0.15, 0.2) is 50.3 Å². The molecule has 0 atom stereocenters. The second-order valence-corrected chi connectivity index (χ2v) is 8.19. The summed E-state index contributed by atoms with van der Waals surface area (Å²) in [5.41, 5.74) is 1.64. The van der Waals surface area contributed by atoms with Crippen molar-refractivity contribution in [2.24, 2.45) is 0 Å². The van der Waals surface area contributed by atoms with Crippen molar-refractivity contribution in [3.05, 3.63) is 63.7 Å². The third kappa shape index (κ3) is 5.54. The van der Waals surface area contributed by atoms with Crippen LogP contribution < -0.4 is 14.8 Å². The van der Waals surface area contributed by atoms with E-state index < -0.39 is 0 Å². The summed E-state index contributed by atoms with van der Waals surface area (Å²) in [7, 11) is 3.20. The quantitative estimate of drug-likeness (QED) is 0.443. The van der Waals surface area contributed by atoms with Gasteiger partial charge in [-0.1, -0.05) is 33.2 Å². The summed E-state index contributed by atoms with van der Waals surface area (Å²) in [6.07, 6.45) is 0.643. The van der Waals surface area contributed by atoms with Crippen molar-refractivity contribution in [3.63, 3.8) is 0 Å². The molecule has 0 aliphatic rings. The molecule has 9 heteroatoms. The van der Waals surface area contributed by atoms with Crippen molar-refractivity contribution >= 4 is 33.6 Å². The van der Waals surface area contributed by atoms with Crippen LogP contribution in [0, 0.1) is 6.92 Å². The van der Waals surface area contributed by atoms with Gasteiger partial charge in [0.15, 0.2) is 17.3 Å². The molecular formula is C21H22BrN3O4S. The topological polar surface area (TPSA) is 86.5 Å². The number of thioether (sulfide) groups is 1. The van der Waals surface area contributed by atoms with Gasteiger partial charge < -0.3 is 19.3 Å². The fourth-order valence-corrected chi connectivity index (χ4v) is 4.23. The first-order valence-corrected chi connectivity index (χ1v) is 11.0. The van der Waals surface area contributed by atoms with Crippen LogP contribution in [0.25, 0.3) is 0 Å². The zero-order valence-corrected chi connectivity index (χ0v) is 19.3. The minimum Gasteiger partial charge on any atom is -0.493 e. The molecule has 3 aromatic rings. The predicted molar refractivity (Wildman–Crippen MR) is 118 cm³/mol. The Bertz CT molecular complexity index is 1030. The van der Waals surface area contributed by atoms with Crippen LogP contribution >= 0.6 is 27.7 Å². The van der Waals surface area contributed by atoms with Gasteiger partial charge in [-0.2, -0.15) is 4.98 Å². The first kappa shape index (κ1) is 22.2. The van der Waals surface area contributed by atoms with Crippen molar-refractivity contribution in [2.45, 2.75) is 24.0 Å². The number of halogens is 1. The molecule has 0 radical (unpaired) electrons. The Balaban J connectivity index is 1.61. The number of ether oxygens (including phenoxy) is 2. The van der Waals surface area contributed by atoms with Gasteiger partial charge in [-0.25, -0.2) is 0 Å². The summed E-state index contributed by atoms with van der Waals surface area (Å²) in [5, 5.41) is 6.88. The van der Waals surface area contributed by atoms with Crippen LogP contribution in [0.1, 0.15) is 27.6 Å². The van der Waals surface area contributed by atoms with E-state index in [1.165, 1.54) is 11.8 Å². The molecule has 0 spiro atoms. The molecule has 1 N–H and O–H groups in total. The van der Waals surface area contributed by atoms with Gasteiger partial charge in [0, 0.05) is 22.8 Å². The Morgan fingerprint density at radius 2 is 1.93 bits per heavy atom. The van der Waals surface area contributed by atoms with Crippen LogP contribution in [0.2, 0.25) is 0 Å². The zero-order chi connectivity index (χ0) is 21.5. The molecule has 0 unspecified atom stereocenters. The smallest absolute Gasteiger partial charge is 0.252 e. The first-order chi connectivity index (χ1) is 14.5. The lowest BCUT2D eigenvalue weighted by Gasteiger charge is -2.13. The highest BCUT2D eigenvalue weighted by atomic mass is 79.9. The predicted octanol–water partition coefficient (Wildman–Crippen LogP) is 4.42. The Morgan fingerprint density at radius 3 is 2.63 bits per heavy atom. The van der Waals surface area contributed by atoms with E-state index >= 15 is 0 Å². The summed E-state index contributed by atoms with van der Waals surface area (Å²) in [6.45, 7) is 2.23. The number of benzene rings is 2. The van der Waals surface area contributed by atoms with Crippen molar-refractivity contribution in [2.75, 3.05) is 20.8 Å². The molecule has 0 bridgehead atoms. The SMILES string of the molecule is COc1cc(Br)c(CCNC(=O)c2ccccc2SCc2noc(C)n2)cc1OC.